The quantitative estimate of drug-likeness (QED) is 0.619. The van der Waals surface area contributed by atoms with E-state index in [1.807, 2.05) is 0 Å². The van der Waals surface area contributed by atoms with E-state index in [0.717, 1.165) is 0 Å². The first-order valence-electron chi connectivity index (χ1n) is 4.82. The second-order valence-corrected chi connectivity index (χ2v) is 6.02. The van der Waals surface area contributed by atoms with Crippen LogP contribution in [0.2, 0.25) is 0 Å². The summed E-state index contributed by atoms with van der Waals surface area (Å²) in [5, 5.41) is 8.97. The summed E-state index contributed by atoms with van der Waals surface area (Å²) in [5.74, 6) is -0.418. The first-order chi connectivity index (χ1) is 7.75. The van der Waals surface area contributed by atoms with Crippen molar-refractivity contribution in [2.75, 3.05) is 0 Å². The van der Waals surface area contributed by atoms with Gasteiger partial charge in [-0.1, -0.05) is 6.92 Å². The molecule has 0 aromatic carbocycles. The Morgan fingerprint density at radius 3 is 2.35 bits per heavy atom. The van der Waals surface area contributed by atoms with Crippen molar-refractivity contribution >= 4 is 25.5 Å². The van der Waals surface area contributed by atoms with Crippen molar-refractivity contribution in [3.63, 3.8) is 0 Å². The smallest absolute Gasteiger partial charge is 0.264 e. The van der Waals surface area contributed by atoms with Crippen LogP contribution in [0.15, 0.2) is 4.90 Å². The highest BCUT2D eigenvalue weighted by molar-refractivity contribution is 8.13. The number of hydrogen-bond acceptors (Lipinski definition) is 4. The number of halogens is 1. The van der Waals surface area contributed by atoms with Gasteiger partial charge in [0, 0.05) is 23.4 Å². The fourth-order valence-electron chi connectivity index (χ4n) is 1.84. The standard InChI is InChI=1S/C10H11ClN2O3S/c1-4-7-9(6(2)14)10(17(11,15)16)8(5-12)13(7)3/h4H2,1-3H3. The molecule has 1 aromatic heterocycles. The monoisotopic (exact) mass is 274 g/mol. The molecule has 7 heteroatoms. The molecule has 0 amide bonds. The fraction of sp³-hybridized carbons (Fsp3) is 0.400. The van der Waals surface area contributed by atoms with Gasteiger partial charge in [0.25, 0.3) is 9.05 Å². The molecule has 0 spiro atoms. The maximum absolute atomic E-state index is 11.5. The molecule has 0 unspecified atom stereocenters. The lowest BCUT2D eigenvalue weighted by molar-refractivity contribution is 0.101. The van der Waals surface area contributed by atoms with Crippen molar-refractivity contribution in [1.82, 2.24) is 4.57 Å². The minimum absolute atomic E-state index is 0.0153. The third-order valence-corrected chi connectivity index (χ3v) is 3.86. The van der Waals surface area contributed by atoms with E-state index in [1.165, 1.54) is 18.5 Å². The molecule has 92 valence electrons. The van der Waals surface area contributed by atoms with Crippen molar-refractivity contribution in [3.05, 3.63) is 17.0 Å². The highest BCUT2D eigenvalue weighted by Crippen LogP contribution is 2.30. The summed E-state index contributed by atoms with van der Waals surface area (Å²) in [6.45, 7) is 3.02. The first-order valence-corrected chi connectivity index (χ1v) is 7.13. The summed E-state index contributed by atoms with van der Waals surface area (Å²) >= 11 is 0. The Balaban J connectivity index is 3.92. The van der Waals surface area contributed by atoms with E-state index >= 15 is 0 Å². The Labute approximate surface area is 104 Å². The van der Waals surface area contributed by atoms with E-state index in [9.17, 15) is 13.2 Å². The van der Waals surface area contributed by atoms with Gasteiger partial charge in [0.1, 0.15) is 16.7 Å². The van der Waals surface area contributed by atoms with Crippen molar-refractivity contribution in [2.24, 2.45) is 7.05 Å². The molecule has 0 aliphatic heterocycles. The summed E-state index contributed by atoms with van der Waals surface area (Å²) in [4.78, 5) is 11.1. The van der Waals surface area contributed by atoms with Crippen molar-refractivity contribution < 1.29 is 13.2 Å². The largest absolute Gasteiger partial charge is 0.338 e. The maximum Gasteiger partial charge on any atom is 0.264 e. The second-order valence-electron chi connectivity index (χ2n) is 3.52. The van der Waals surface area contributed by atoms with Crippen molar-refractivity contribution in [3.8, 4) is 6.07 Å². The summed E-state index contributed by atoms with van der Waals surface area (Å²) in [5.41, 5.74) is 0.400. The van der Waals surface area contributed by atoms with Crippen LogP contribution in [0.1, 0.15) is 35.6 Å². The molecule has 0 aliphatic rings. The number of nitrogens with zero attached hydrogens (tertiary/aromatic N) is 2. The van der Waals surface area contributed by atoms with Crippen LogP contribution in [0.4, 0.5) is 0 Å². The van der Waals surface area contributed by atoms with Crippen LogP contribution >= 0.6 is 10.7 Å². The Morgan fingerprint density at radius 2 is 2.06 bits per heavy atom. The zero-order chi connectivity index (χ0) is 13.4. The molecule has 0 atom stereocenters. The molecule has 0 saturated heterocycles. The first kappa shape index (κ1) is 13.7. The number of carbonyl (C=O) groups is 1. The third-order valence-electron chi connectivity index (χ3n) is 2.51. The Kier molecular flexibility index (Phi) is 3.65. The fourth-order valence-corrected chi connectivity index (χ4v) is 3.21. The molecular formula is C10H11ClN2O3S. The number of Topliss-reactive ketones (excluding diaryl/α,β-unsaturated/α-hetero) is 1. The van der Waals surface area contributed by atoms with Gasteiger partial charge < -0.3 is 4.57 Å². The van der Waals surface area contributed by atoms with Crippen LogP contribution in [0.3, 0.4) is 0 Å². The van der Waals surface area contributed by atoms with Crippen LogP contribution in [-0.4, -0.2) is 18.8 Å². The molecule has 1 aromatic rings. The second kappa shape index (κ2) is 4.51. The van der Waals surface area contributed by atoms with Gasteiger partial charge in [0.05, 0.1) is 5.56 Å². The summed E-state index contributed by atoms with van der Waals surface area (Å²) in [6, 6.07) is 1.77. The molecule has 17 heavy (non-hydrogen) atoms. The van der Waals surface area contributed by atoms with Gasteiger partial charge in [-0.25, -0.2) is 8.42 Å². The average Bonchev–Trinajstić information content (AvgIpc) is 2.49. The lowest BCUT2D eigenvalue weighted by atomic mass is 10.1. The lowest BCUT2D eigenvalue weighted by Crippen LogP contribution is -2.03. The van der Waals surface area contributed by atoms with Crippen LogP contribution < -0.4 is 0 Å². The molecule has 0 aliphatic carbocycles. The van der Waals surface area contributed by atoms with E-state index in [4.69, 9.17) is 15.9 Å². The molecule has 0 saturated carbocycles. The van der Waals surface area contributed by atoms with Crippen LogP contribution in [-0.2, 0) is 22.5 Å². The Morgan fingerprint density at radius 1 is 1.53 bits per heavy atom. The molecule has 0 N–H and O–H groups in total. The van der Waals surface area contributed by atoms with Gasteiger partial charge in [0.2, 0.25) is 0 Å². The van der Waals surface area contributed by atoms with Crippen LogP contribution in [0.5, 0.6) is 0 Å². The number of hydrogen-bond donors (Lipinski definition) is 0. The maximum atomic E-state index is 11.5. The number of rotatable bonds is 3. The van der Waals surface area contributed by atoms with Gasteiger partial charge in [-0.3, -0.25) is 4.79 Å². The van der Waals surface area contributed by atoms with E-state index < -0.39 is 14.8 Å². The van der Waals surface area contributed by atoms with Crippen molar-refractivity contribution in [1.29, 1.82) is 5.26 Å². The SMILES string of the molecule is CCc1c(C(C)=O)c(S(=O)(=O)Cl)c(C#N)n1C. The molecule has 0 radical (unpaired) electrons. The van der Waals surface area contributed by atoms with E-state index in [-0.39, 0.29) is 16.2 Å². The zero-order valence-corrected chi connectivity index (χ0v) is 11.2. The highest BCUT2D eigenvalue weighted by atomic mass is 35.7. The van der Waals surface area contributed by atoms with Gasteiger partial charge in [-0.2, -0.15) is 5.26 Å². The minimum atomic E-state index is -4.12. The Bertz CT molecular complexity index is 623. The highest BCUT2D eigenvalue weighted by Gasteiger charge is 2.30. The lowest BCUT2D eigenvalue weighted by Gasteiger charge is -2.01. The van der Waals surface area contributed by atoms with E-state index in [0.29, 0.717) is 12.1 Å². The number of nitriles is 1. The topological polar surface area (TPSA) is 79.9 Å². The summed E-state index contributed by atoms with van der Waals surface area (Å²) in [7, 11) is 2.70. The number of ketones is 1. The normalized spacial score (nSPS) is 11.2. The van der Waals surface area contributed by atoms with Crippen LogP contribution in [0, 0.1) is 11.3 Å². The van der Waals surface area contributed by atoms with Gasteiger partial charge >= 0.3 is 0 Å². The predicted octanol–water partition coefficient (Wildman–Crippen LogP) is 1.59. The molecular weight excluding hydrogens is 264 g/mol. The van der Waals surface area contributed by atoms with Gasteiger partial charge in [0.15, 0.2) is 5.78 Å². The van der Waals surface area contributed by atoms with E-state index in [1.54, 1.807) is 13.0 Å². The summed E-state index contributed by atoms with van der Waals surface area (Å²) in [6.07, 6.45) is 0.437. The van der Waals surface area contributed by atoms with Gasteiger partial charge in [-0.15, -0.1) is 0 Å². The molecule has 0 fully saturated rings. The summed E-state index contributed by atoms with van der Waals surface area (Å²) < 4.78 is 24.3. The average molecular weight is 275 g/mol. The molecule has 1 rings (SSSR count). The minimum Gasteiger partial charge on any atom is -0.338 e. The molecule has 1 heterocycles. The Hall–Kier alpha value is -1.32. The zero-order valence-electron chi connectivity index (χ0n) is 9.61. The number of carbonyl (C=O) groups excluding carboxylic acids is 1. The van der Waals surface area contributed by atoms with Crippen LogP contribution in [0.25, 0.3) is 0 Å². The predicted molar refractivity (Wildman–Crippen MR) is 62.5 cm³/mol. The van der Waals surface area contributed by atoms with Gasteiger partial charge in [-0.05, 0) is 13.3 Å². The van der Waals surface area contributed by atoms with Crippen molar-refractivity contribution in [2.45, 2.75) is 25.2 Å². The van der Waals surface area contributed by atoms with E-state index in [2.05, 4.69) is 0 Å². The molecule has 0 bridgehead atoms. The molecule has 5 nitrogen and oxygen atoms in total. The third kappa shape index (κ3) is 2.21. The number of aromatic nitrogens is 1.